The number of nitrogens with one attached hydrogen (secondary N) is 2. The predicted molar refractivity (Wildman–Crippen MR) is 242 cm³/mol. The van der Waals surface area contributed by atoms with Crippen LogP contribution in [0.2, 0.25) is 0 Å². The number of halogens is 2. The van der Waals surface area contributed by atoms with Crippen LogP contribution in [0.25, 0.3) is 33.3 Å². The summed E-state index contributed by atoms with van der Waals surface area (Å²) < 4.78 is 44.2. The molecule has 2 saturated heterocycles. The fourth-order valence-electron chi connectivity index (χ4n) is 9.20. The lowest BCUT2D eigenvalue weighted by atomic mass is 9.83. The van der Waals surface area contributed by atoms with E-state index in [1.807, 2.05) is 44.3 Å². The van der Waals surface area contributed by atoms with Crippen molar-refractivity contribution in [3.63, 3.8) is 0 Å². The number of hydrogen-bond donors (Lipinski definition) is 2. The maximum atomic E-state index is 14.9. The summed E-state index contributed by atoms with van der Waals surface area (Å²) in [6, 6.07) is 12.8. The summed E-state index contributed by atoms with van der Waals surface area (Å²) in [5.41, 5.74) is 9.03. The molecule has 3 aliphatic heterocycles. The lowest BCUT2D eigenvalue weighted by molar-refractivity contribution is -0.155. The van der Waals surface area contributed by atoms with E-state index in [2.05, 4.69) is 68.6 Å². The Labute approximate surface area is 374 Å². The van der Waals surface area contributed by atoms with Crippen LogP contribution >= 0.6 is 0 Å². The Hall–Kier alpha value is -5.47. The van der Waals surface area contributed by atoms with E-state index in [0.29, 0.717) is 55.6 Å². The van der Waals surface area contributed by atoms with Gasteiger partial charge in [-0.3, -0.25) is 29.2 Å². The summed E-state index contributed by atoms with van der Waals surface area (Å²) in [7, 11) is 0. The predicted octanol–water partition coefficient (Wildman–Crippen LogP) is 7.79. The third-order valence-corrected chi connectivity index (χ3v) is 12.8. The second-order valence-corrected chi connectivity index (χ2v) is 18.9. The number of aryl methyl sites for hydroxylation is 1. The number of carbonyl (C=O) groups excluding carboxylic acids is 4. The van der Waals surface area contributed by atoms with Gasteiger partial charge in [0.05, 0.1) is 36.6 Å². The van der Waals surface area contributed by atoms with Crippen molar-refractivity contribution in [2.24, 2.45) is 17.3 Å². The fraction of sp³-hybridized carbons (Fsp3) is 0.500. The second kappa shape index (κ2) is 19.3. The van der Waals surface area contributed by atoms with Gasteiger partial charge in [0, 0.05) is 66.2 Å². The Balaban J connectivity index is 1.32. The topological polar surface area (TPSA) is 135 Å². The summed E-state index contributed by atoms with van der Waals surface area (Å²) in [6.07, 6.45) is 1.34. The smallest absolute Gasteiger partial charge is 0.324 e. The highest BCUT2D eigenvalue weighted by atomic mass is 19.3. The van der Waals surface area contributed by atoms with Gasteiger partial charge in [0.1, 0.15) is 12.1 Å². The zero-order valence-corrected chi connectivity index (χ0v) is 38.1. The first-order valence-corrected chi connectivity index (χ1v) is 22.6. The monoisotopic (exact) mass is 880 g/mol. The van der Waals surface area contributed by atoms with Crippen LogP contribution in [0.4, 0.5) is 8.78 Å². The van der Waals surface area contributed by atoms with Crippen LogP contribution in [0.15, 0.2) is 67.4 Å². The Bertz CT molecular complexity index is 2400. The number of nitrogens with zero attached hydrogens (tertiary/aromatic N) is 4. The Morgan fingerprint density at radius 2 is 1.84 bits per heavy atom. The number of benzene rings is 2. The van der Waals surface area contributed by atoms with Crippen LogP contribution < -0.4 is 10.7 Å². The highest BCUT2D eigenvalue weighted by molar-refractivity contribution is 5.96. The molecule has 3 atom stereocenters. The summed E-state index contributed by atoms with van der Waals surface area (Å²) in [5.74, 6) is -2.35. The van der Waals surface area contributed by atoms with Crippen LogP contribution in [0.1, 0.15) is 96.0 Å². The molecule has 2 aromatic heterocycles. The molecule has 1 unspecified atom stereocenters. The zero-order chi connectivity index (χ0) is 46.0. The van der Waals surface area contributed by atoms with Crippen molar-refractivity contribution < 1.29 is 37.4 Å². The maximum absolute atomic E-state index is 14.9. The SMILES string of the molecule is C=CC(=O)N1CC(OCC(C(=O)N[C@H]2Cc3cc(cc(C(F)F)c3)-c3ccc4c(c3)c(c(-c3cccnc3C(C)C)n4CC)CC(C)(C)COC(=O)[C@@H]3CCCN(N3)C2=O)C(C)C)C1. The first kappa shape index (κ1) is 46.5. The minimum Gasteiger partial charge on any atom is -0.464 e. The minimum absolute atomic E-state index is 0.0495. The summed E-state index contributed by atoms with van der Waals surface area (Å²) >= 11 is 0. The largest absolute Gasteiger partial charge is 0.464 e. The molecule has 2 N–H and O–H groups in total. The molecule has 2 fully saturated rings. The number of fused-ring (bicyclic) bond motifs is 6. The molecule has 0 spiro atoms. The van der Waals surface area contributed by atoms with Crippen LogP contribution in [0.5, 0.6) is 0 Å². The molecule has 12 nitrogen and oxygen atoms in total. The number of pyridine rings is 1. The van der Waals surface area contributed by atoms with E-state index < -0.39 is 47.6 Å². The molecule has 7 rings (SSSR count). The summed E-state index contributed by atoms with van der Waals surface area (Å²) in [4.78, 5) is 61.1. The number of esters is 1. The van der Waals surface area contributed by atoms with E-state index >= 15 is 0 Å². The average molecular weight is 881 g/mol. The van der Waals surface area contributed by atoms with Crippen molar-refractivity contribution in [3.8, 4) is 22.4 Å². The highest BCUT2D eigenvalue weighted by Gasteiger charge is 2.38. The van der Waals surface area contributed by atoms with Crippen LogP contribution in [0.3, 0.4) is 0 Å². The third kappa shape index (κ3) is 9.92. The number of likely N-dealkylation sites (tertiary alicyclic amines) is 1. The van der Waals surface area contributed by atoms with Crippen molar-refractivity contribution in [1.82, 2.24) is 30.2 Å². The van der Waals surface area contributed by atoms with Crippen molar-refractivity contribution in [2.45, 2.75) is 111 Å². The lowest BCUT2D eigenvalue weighted by Crippen LogP contribution is -2.61. The van der Waals surface area contributed by atoms with Gasteiger partial charge < -0.3 is 24.3 Å². The Morgan fingerprint density at radius 3 is 2.53 bits per heavy atom. The van der Waals surface area contributed by atoms with E-state index in [0.717, 1.165) is 33.4 Å². The van der Waals surface area contributed by atoms with Crippen LogP contribution in [-0.2, 0) is 48.0 Å². The average Bonchev–Trinajstić information content (AvgIpc) is 3.56. The molecule has 4 aromatic rings. The number of alkyl halides is 2. The van der Waals surface area contributed by atoms with E-state index in [1.54, 1.807) is 4.90 Å². The number of hydrazine groups is 1. The molecule has 0 aliphatic carbocycles. The highest BCUT2D eigenvalue weighted by Crippen LogP contribution is 2.42. The number of carbonyl (C=O) groups is 4. The molecule has 3 amide bonds. The quantitative estimate of drug-likeness (QED) is 0.115. The normalized spacial score (nSPS) is 20.0. The van der Waals surface area contributed by atoms with Gasteiger partial charge in [0.25, 0.3) is 12.3 Å². The lowest BCUT2D eigenvalue weighted by Gasteiger charge is -2.39. The Morgan fingerprint density at radius 1 is 1.08 bits per heavy atom. The number of aromatic nitrogens is 2. The third-order valence-electron chi connectivity index (χ3n) is 12.8. The molecule has 64 heavy (non-hydrogen) atoms. The van der Waals surface area contributed by atoms with Crippen LogP contribution in [0, 0.1) is 17.3 Å². The Kier molecular flexibility index (Phi) is 14.0. The molecular weight excluding hydrogens is 819 g/mol. The summed E-state index contributed by atoms with van der Waals surface area (Å²) in [6.45, 7) is 19.6. The zero-order valence-electron chi connectivity index (χ0n) is 38.1. The standard InChI is InChI=1S/C50H62F2N6O6/c1-9-43(59)56-25-35(26-56)63-27-39(29(3)4)47(60)54-41-21-31-19-33(22-34(20-31)46(51)52)32-15-16-42-37(23-32)38(45(57(42)10-2)36-13-11-17-53-44(36)30(5)6)24-50(7,8)28-64-49(62)40-14-12-18-58(55-40)48(41)61/h9,11,13,15-17,19-20,22-23,29-30,35,39-41,46,55H,1,10,12,14,18,21,24-28H2,2-8H3,(H,54,60)/t39?,40-,41-/m0/s1. The van der Waals surface area contributed by atoms with Crippen molar-refractivity contribution in [1.29, 1.82) is 0 Å². The molecule has 342 valence electrons. The number of amides is 3. The maximum Gasteiger partial charge on any atom is 0.324 e. The molecule has 2 aromatic carbocycles. The fourth-order valence-corrected chi connectivity index (χ4v) is 9.20. The van der Waals surface area contributed by atoms with Crippen LogP contribution in [-0.4, -0.2) is 94.2 Å². The number of ether oxygens (including phenoxy) is 2. The van der Waals surface area contributed by atoms with Gasteiger partial charge in [0.2, 0.25) is 11.8 Å². The molecular formula is C50H62F2N6O6. The molecule has 14 heteroatoms. The second-order valence-electron chi connectivity index (χ2n) is 18.9. The van der Waals surface area contributed by atoms with E-state index in [4.69, 9.17) is 14.5 Å². The molecule has 6 bridgehead atoms. The van der Waals surface area contributed by atoms with E-state index in [9.17, 15) is 28.0 Å². The van der Waals surface area contributed by atoms with Crippen molar-refractivity contribution in [3.05, 3.63) is 89.8 Å². The van der Waals surface area contributed by atoms with E-state index in [-0.39, 0.29) is 55.6 Å². The van der Waals surface area contributed by atoms with Crippen molar-refractivity contribution in [2.75, 3.05) is 32.8 Å². The van der Waals surface area contributed by atoms with Gasteiger partial charge >= 0.3 is 5.97 Å². The van der Waals surface area contributed by atoms with Gasteiger partial charge in [0.15, 0.2) is 0 Å². The van der Waals surface area contributed by atoms with E-state index in [1.165, 1.54) is 23.2 Å². The van der Waals surface area contributed by atoms with Gasteiger partial charge in [-0.1, -0.05) is 66.3 Å². The first-order chi connectivity index (χ1) is 30.5. The number of hydrogen-bond acceptors (Lipinski definition) is 8. The van der Waals surface area contributed by atoms with Gasteiger partial charge in [-0.25, -0.2) is 14.2 Å². The van der Waals surface area contributed by atoms with Crippen molar-refractivity contribution >= 4 is 34.6 Å². The van der Waals surface area contributed by atoms with Gasteiger partial charge in [-0.05, 0) is 96.7 Å². The van der Waals surface area contributed by atoms with Gasteiger partial charge in [-0.2, -0.15) is 0 Å². The molecule has 5 heterocycles. The molecule has 0 saturated carbocycles. The molecule has 0 radical (unpaired) electrons. The first-order valence-electron chi connectivity index (χ1n) is 22.6. The number of cyclic esters (lactones) is 1. The summed E-state index contributed by atoms with van der Waals surface area (Å²) in [5, 5.41) is 5.28. The molecule has 3 aliphatic rings. The minimum atomic E-state index is -2.81. The number of rotatable bonds is 11. The van der Waals surface area contributed by atoms with Gasteiger partial charge in [-0.15, -0.1) is 0 Å².